The van der Waals surface area contributed by atoms with E-state index in [1.54, 1.807) is 0 Å². The van der Waals surface area contributed by atoms with E-state index >= 15 is 0 Å². The Morgan fingerprint density at radius 2 is 1.95 bits per heavy atom. The monoisotopic (exact) mass is 264 g/mol. The van der Waals surface area contributed by atoms with E-state index in [1.165, 1.54) is 0 Å². The van der Waals surface area contributed by atoms with Crippen LogP contribution in [-0.4, -0.2) is 5.91 Å². The van der Waals surface area contributed by atoms with Crippen LogP contribution in [0, 0.1) is 0 Å². The van der Waals surface area contributed by atoms with Crippen LogP contribution in [0.3, 0.4) is 0 Å². The Bertz CT molecular complexity index is 778. The van der Waals surface area contributed by atoms with Crippen LogP contribution in [0.15, 0.2) is 42.5 Å². The molecule has 4 rings (SSSR count). The normalized spacial score (nSPS) is 19.3. The second-order valence-electron chi connectivity index (χ2n) is 4.91. The lowest BCUT2D eigenvalue weighted by Gasteiger charge is -2.04. The van der Waals surface area contributed by atoms with Gasteiger partial charge in [-0.3, -0.25) is 4.79 Å². The van der Waals surface area contributed by atoms with Gasteiger partial charge in [0.15, 0.2) is 0 Å². The molecule has 2 aromatic carbocycles. The number of para-hydroxylation sites is 1. The summed E-state index contributed by atoms with van der Waals surface area (Å²) in [6, 6.07) is 13.3. The molecule has 1 amide bonds. The van der Waals surface area contributed by atoms with Crippen LogP contribution in [0.5, 0.6) is 0 Å². The van der Waals surface area contributed by atoms with Crippen LogP contribution in [0.4, 0.5) is 11.4 Å². The van der Waals surface area contributed by atoms with E-state index < -0.39 is 0 Å². The van der Waals surface area contributed by atoms with E-state index in [-0.39, 0.29) is 5.91 Å². The fourth-order valence-electron chi connectivity index (χ4n) is 2.73. The van der Waals surface area contributed by atoms with Gasteiger partial charge in [-0.25, -0.2) is 0 Å². The molecule has 0 atom stereocenters. The first kappa shape index (κ1) is 11.1. The molecule has 2 aliphatic rings. The number of hydrogen-bond acceptors (Lipinski definition) is 3. The Morgan fingerprint density at radius 3 is 2.85 bits per heavy atom. The molecule has 2 aliphatic heterocycles. The van der Waals surface area contributed by atoms with Crippen molar-refractivity contribution in [1.29, 1.82) is 0 Å². The molecule has 0 unspecified atom stereocenters. The molecule has 0 saturated carbocycles. The molecule has 0 bridgehead atoms. The largest absolute Gasteiger partial charge is 0.487 e. The number of fused-ring (bicyclic) bond motifs is 2. The lowest BCUT2D eigenvalue weighted by atomic mass is 10.0. The number of carbonyl (C=O) groups is 1. The van der Waals surface area contributed by atoms with Crippen LogP contribution in [0.2, 0.25) is 0 Å². The Balaban J connectivity index is 1.96. The summed E-state index contributed by atoms with van der Waals surface area (Å²) in [6.07, 6.45) is 0. The highest BCUT2D eigenvalue weighted by molar-refractivity contribution is 6.36. The van der Waals surface area contributed by atoms with Crippen LogP contribution < -0.4 is 11.1 Å². The lowest BCUT2D eigenvalue weighted by Crippen LogP contribution is -2.05. The summed E-state index contributed by atoms with van der Waals surface area (Å²) in [4.78, 5) is 12.2. The van der Waals surface area contributed by atoms with Crippen molar-refractivity contribution in [2.75, 3.05) is 11.1 Å². The van der Waals surface area contributed by atoms with Crippen LogP contribution >= 0.6 is 0 Å². The van der Waals surface area contributed by atoms with Crippen molar-refractivity contribution >= 4 is 28.6 Å². The predicted molar refractivity (Wildman–Crippen MR) is 77.5 cm³/mol. The molecule has 3 N–H and O–H groups in total. The minimum Gasteiger partial charge on any atom is -0.487 e. The van der Waals surface area contributed by atoms with Crippen molar-refractivity contribution in [1.82, 2.24) is 0 Å². The molecule has 98 valence electrons. The molecule has 0 saturated heterocycles. The van der Waals surface area contributed by atoms with E-state index in [0.717, 1.165) is 22.4 Å². The van der Waals surface area contributed by atoms with E-state index in [1.807, 2.05) is 42.5 Å². The SMILES string of the molecule is Nc1ccc2c(c1)CO/C2=C1/C(=O)Nc2ccccc21. The molecule has 4 heteroatoms. The zero-order valence-corrected chi connectivity index (χ0v) is 10.6. The zero-order chi connectivity index (χ0) is 13.7. The third-order valence-electron chi connectivity index (χ3n) is 3.64. The Hall–Kier alpha value is -2.75. The standard InChI is InChI=1S/C16H12N2O2/c17-10-5-6-11-9(7-10)8-20-15(11)14-12-3-1-2-4-13(12)18-16(14)19/h1-7H,8,17H2,(H,18,19)/b15-14+. The summed E-state index contributed by atoms with van der Waals surface area (Å²) in [7, 11) is 0. The highest BCUT2D eigenvalue weighted by Gasteiger charge is 2.32. The average molecular weight is 264 g/mol. The predicted octanol–water partition coefficient (Wildman–Crippen LogP) is 2.62. The fraction of sp³-hybridized carbons (Fsp3) is 0.0625. The van der Waals surface area contributed by atoms with E-state index in [2.05, 4.69) is 5.32 Å². The molecule has 0 radical (unpaired) electrons. The third-order valence-corrected chi connectivity index (χ3v) is 3.64. The van der Waals surface area contributed by atoms with Gasteiger partial charge in [-0.05, 0) is 24.3 Å². The summed E-state index contributed by atoms with van der Waals surface area (Å²) >= 11 is 0. The molecule has 0 fully saturated rings. The highest BCUT2D eigenvalue weighted by Crippen LogP contribution is 2.41. The first-order valence-corrected chi connectivity index (χ1v) is 6.40. The van der Waals surface area contributed by atoms with Gasteiger partial charge in [-0.1, -0.05) is 18.2 Å². The third kappa shape index (κ3) is 1.45. The van der Waals surface area contributed by atoms with Crippen molar-refractivity contribution in [3.05, 3.63) is 59.2 Å². The highest BCUT2D eigenvalue weighted by atomic mass is 16.5. The number of ether oxygens (including phenoxy) is 1. The number of amides is 1. The maximum absolute atomic E-state index is 12.2. The molecular formula is C16H12N2O2. The zero-order valence-electron chi connectivity index (χ0n) is 10.6. The van der Waals surface area contributed by atoms with Crippen LogP contribution in [0.1, 0.15) is 16.7 Å². The van der Waals surface area contributed by atoms with Gasteiger partial charge in [0, 0.05) is 28.1 Å². The Labute approximate surface area is 115 Å². The van der Waals surface area contributed by atoms with Crippen molar-refractivity contribution in [3.63, 3.8) is 0 Å². The number of nitrogens with one attached hydrogen (secondary N) is 1. The molecule has 0 spiro atoms. The summed E-state index contributed by atoms with van der Waals surface area (Å²) in [6.45, 7) is 0.453. The Kier molecular flexibility index (Phi) is 2.15. The van der Waals surface area contributed by atoms with Crippen molar-refractivity contribution < 1.29 is 9.53 Å². The van der Waals surface area contributed by atoms with Crippen molar-refractivity contribution in [2.45, 2.75) is 6.61 Å². The van der Waals surface area contributed by atoms with Crippen LogP contribution in [0.25, 0.3) is 11.3 Å². The van der Waals surface area contributed by atoms with E-state index in [4.69, 9.17) is 10.5 Å². The second-order valence-corrected chi connectivity index (χ2v) is 4.91. The summed E-state index contributed by atoms with van der Waals surface area (Å²) < 4.78 is 5.75. The molecule has 2 heterocycles. The average Bonchev–Trinajstić information content (AvgIpc) is 2.97. The van der Waals surface area contributed by atoms with Gasteiger partial charge in [-0.15, -0.1) is 0 Å². The molecule has 4 nitrogen and oxygen atoms in total. The van der Waals surface area contributed by atoms with Crippen molar-refractivity contribution in [3.8, 4) is 0 Å². The smallest absolute Gasteiger partial charge is 0.260 e. The topological polar surface area (TPSA) is 64.3 Å². The van der Waals surface area contributed by atoms with Gasteiger partial charge >= 0.3 is 0 Å². The van der Waals surface area contributed by atoms with Crippen LogP contribution in [-0.2, 0) is 16.1 Å². The number of nitrogens with two attached hydrogens (primary N) is 1. The van der Waals surface area contributed by atoms with Gasteiger partial charge in [0.25, 0.3) is 5.91 Å². The molecule has 0 aromatic heterocycles. The number of anilines is 2. The second kappa shape index (κ2) is 3.87. The maximum atomic E-state index is 12.2. The number of nitrogen functional groups attached to an aromatic ring is 1. The fourth-order valence-corrected chi connectivity index (χ4v) is 2.73. The van der Waals surface area contributed by atoms with E-state index in [0.29, 0.717) is 23.6 Å². The number of carbonyl (C=O) groups excluding carboxylic acids is 1. The molecule has 20 heavy (non-hydrogen) atoms. The number of benzene rings is 2. The number of hydrogen-bond donors (Lipinski definition) is 2. The summed E-state index contributed by atoms with van der Waals surface area (Å²) in [5.74, 6) is 0.522. The van der Waals surface area contributed by atoms with Gasteiger partial charge in [0.2, 0.25) is 0 Å². The van der Waals surface area contributed by atoms with Gasteiger partial charge in [0.05, 0.1) is 5.57 Å². The van der Waals surface area contributed by atoms with E-state index in [9.17, 15) is 4.79 Å². The molecule has 2 aromatic rings. The maximum Gasteiger partial charge on any atom is 0.260 e. The first-order chi connectivity index (χ1) is 9.74. The quantitative estimate of drug-likeness (QED) is 0.568. The summed E-state index contributed by atoms with van der Waals surface area (Å²) in [5, 5.41) is 2.87. The van der Waals surface area contributed by atoms with Gasteiger partial charge in [-0.2, -0.15) is 0 Å². The molecule has 0 aliphatic carbocycles. The lowest BCUT2D eigenvalue weighted by molar-refractivity contribution is -0.110. The van der Waals surface area contributed by atoms with Gasteiger partial charge < -0.3 is 15.8 Å². The minimum atomic E-state index is -0.120. The molecular weight excluding hydrogens is 252 g/mol. The Morgan fingerprint density at radius 1 is 1.10 bits per heavy atom. The first-order valence-electron chi connectivity index (χ1n) is 6.40. The van der Waals surface area contributed by atoms with Crippen molar-refractivity contribution in [2.24, 2.45) is 0 Å². The minimum absolute atomic E-state index is 0.120. The number of rotatable bonds is 0. The van der Waals surface area contributed by atoms with Gasteiger partial charge in [0.1, 0.15) is 12.4 Å². The summed E-state index contributed by atoms with van der Waals surface area (Å²) in [5.41, 5.74) is 10.8.